The molecule has 0 saturated heterocycles. The van der Waals surface area contributed by atoms with E-state index in [1.165, 1.54) is 36.6 Å². The van der Waals surface area contributed by atoms with Gasteiger partial charge in [-0.15, -0.1) is 11.3 Å². The predicted octanol–water partition coefficient (Wildman–Crippen LogP) is 3.86. The summed E-state index contributed by atoms with van der Waals surface area (Å²) >= 11 is 1.71. The molecule has 1 aromatic rings. The molecule has 110 valence electrons. The molecule has 1 fully saturated rings. The van der Waals surface area contributed by atoms with E-state index in [0.717, 1.165) is 18.0 Å². The maximum Gasteiger partial charge on any atom is 0.328 e. The highest BCUT2D eigenvalue weighted by atomic mass is 32.1. The van der Waals surface area contributed by atoms with Crippen LogP contribution < -0.4 is 0 Å². The zero-order valence-corrected chi connectivity index (χ0v) is 13.0. The van der Waals surface area contributed by atoms with Crippen LogP contribution in [0.25, 0.3) is 6.08 Å². The van der Waals surface area contributed by atoms with E-state index >= 15 is 0 Å². The summed E-state index contributed by atoms with van der Waals surface area (Å²) in [6.07, 6.45) is 8.20. The Balaban J connectivity index is 1.94. The Bertz CT molecular complexity index is 481. The number of carboxylic acids is 1. The Labute approximate surface area is 124 Å². The minimum Gasteiger partial charge on any atom is -0.478 e. The lowest BCUT2D eigenvalue weighted by atomic mass is 9.85. The molecule has 1 aliphatic carbocycles. The SMILES string of the molecule is CC1CCCCC1N(C)Cc1cc(C=CC(=O)O)cs1. The van der Waals surface area contributed by atoms with Gasteiger partial charge in [-0.05, 0) is 48.9 Å². The third-order valence-electron chi connectivity index (χ3n) is 4.13. The van der Waals surface area contributed by atoms with E-state index in [1.807, 2.05) is 5.38 Å². The van der Waals surface area contributed by atoms with Crippen molar-refractivity contribution in [2.45, 2.75) is 45.2 Å². The van der Waals surface area contributed by atoms with Crippen LogP contribution in [0.4, 0.5) is 0 Å². The van der Waals surface area contributed by atoms with Crippen molar-refractivity contribution in [3.05, 3.63) is 28.0 Å². The normalized spacial score (nSPS) is 23.6. The molecule has 0 spiro atoms. The number of hydrogen-bond acceptors (Lipinski definition) is 3. The molecule has 1 aromatic heterocycles. The van der Waals surface area contributed by atoms with Crippen LogP contribution in [0.3, 0.4) is 0 Å². The number of thiophene rings is 1. The molecular formula is C16H23NO2S. The number of carboxylic acid groups (broad SMARTS) is 1. The van der Waals surface area contributed by atoms with E-state index in [4.69, 9.17) is 5.11 Å². The van der Waals surface area contributed by atoms with Crippen LogP contribution in [0.2, 0.25) is 0 Å². The maximum absolute atomic E-state index is 10.5. The molecule has 3 nitrogen and oxygen atoms in total. The fourth-order valence-corrected chi connectivity index (χ4v) is 3.97. The lowest BCUT2D eigenvalue weighted by Crippen LogP contribution is -2.38. The number of carbonyl (C=O) groups is 1. The zero-order valence-electron chi connectivity index (χ0n) is 12.2. The molecule has 0 radical (unpaired) electrons. The molecule has 2 atom stereocenters. The van der Waals surface area contributed by atoms with Crippen LogP contribution in [0, 0.1) is 5.92 Å². The van der Waals surface area contributed by atoms with Gasteiger partial charge in [-0.25, -0.2) is 4.79 Å². The van der Waals surface area contributed by atoms with Gasteiger partial charge in [0.1, 0.15) is 0 Å². The van der Waals surface area contributed by atoms with Crippen LogP contribution in [0.15, 0.2) is 17.5 Å². The third kappa shape index (κ3) is 4.18. The van der Waals surface area contributed by atoms with E-state index in [1.54, 1.807) is 17.4 Å². The summed E-state index contributed by atoms with van der Waals surface area (Å²) in [5, 5.41) is 10.7. The number of aliphatic carboxylic acids is 1. The highest BCUT2D eigenvalue weighted by Gasteiger charge is 2.24. The second-order valence-electron chi connectivity index (χ2n) is 5.76. The highest BCUT2D eigenvalue weighted by molar-refractivity contribution is 7.10. The molecule has 1 saturated carbocycles. The second-order valence-corrected chi connectivity index (χ2v) is 6.76. The van der Waals surface area contributed by atoms with Crippen LogP contribution in [-0.4, -0.2) is 29.1 Å². The van der Waals surface area contributed by atoms with Gasteiger partial charge in [0.15, 0.2) is 0 Å². The predicted molar refractivity (Wildman–Crippen MR) is 83.9 cm³/mol. The van der Waals surface area contributed by atoms with Crippen LogP contribution >= 0.6 is 11.3 Å². The maximum atomic E-state index is 10.5. The van der Waals surface area contributed by atoms with Gasteiger partial charge in [0.25, 0.3) is 0 Å². The molecule has 0 amide bonds. The average Bonchev–Trinajstić information content (AvgIpc) is 2.84. The first-order valence-corrected chi connectivity index (χ1v) is 8.13. The zero-order chi connectivity index (χ0) is 14.5. The molecule has 0 aliphatic heterocycles. The first-order chi connectivity index (χ1) is 9.56. The van der Waals surface area contributed by atoms with E-state index in [2.05, 4.69) is 24.9 Å². The Hall–Kier alpha value is -1.13. The summed E-state index contributed by atoms with van der Waals surface area (Å²) in [5.74, 6) is -0.119. The Morgan fingerprint density at radius 3 is 2.95 bits per heavy atom. The van der Waals surface area contributed by atoms with Gasteiger partial charge in [-0.1, -0.05) is 19.8 Å². The number of nitrogens with zero attached hydrogens (tertiary/aromatic N) is 1. The van der Waals surface area contributed by atoms with Crippen molar-refractivity contribution in [2.75, 3.05) is 7.05 Å². The van der Waals surface area contributed by atoms with Crippen molar-refractivity contribution in [2.24, 2.45) is 5.92 Å². The van der Waals surface area contributed by atoms with E-state index in [9.17, 15) is 4.79 Å². The minimum absolute atomic E-state index is 0.684. The first-order valence-electron chi connectivity index (χ1n) is 7.25. The fraction of sp³-hybridized carbons (Fsp3) is 0.562. The van der Waals surface area contributed by atoms with Crippen LogP contribution in [-0.2, 0) is 11.3 Å². The monoisotopic (exact) mass is 293 g/mol. The van der Waals surface area contributed by atoms with Crippen LogP contribution in [0.5, 0.6) is 0 Å². The molecule has 2 unspecified atom stereocenters. The highest BCUT2D eigenvalue weighted by Crippen LogP contribution is 2.29. The summed E-state index contributed by atoms with van der Waals surface area (Å²) in [6.45, 7) is 3.32. The van der Waals surface area contributed by atoms with E-state index in [0.29, 0.717) is 6.04 Å². The molecule has 1 N–H and O–H groups in total. The molecular weight excluding hydrogens is 270 g/mol. The van der Waals surface area contributed by atoms with Crippen molar-refractivity contribution in [3.8, 4) is 0 Å². The largest absolute Gasteiger partial charge is 0.478 e. The molecule has 4 heteroatoms. The summed E-state index contributed by atoms with van der Waals surface area (Å²) in [5.41, 5.74) is 0.984. The quantitative estimate of drug-likeness (QED) is 0.838. The molecule has 2 rings (SSSR count). The summed E-state index contributed by atoms with van der Waals surface area (Å²) in [7, 11) is 2.21. The Kier molecular flexibility index (Phi) is 5.38. The van der Waals surface area contributed by atoms with Gasteiger partial charge in [0.2, 0.25) is 0 Å². The van der Waals surface area contributed by atoms with Gasteiger partial charge < -0.3 is 5.11 Å². The topological polar surface area (TPSA) is 40.5 Å². The summed E-state index contributed by atoms with van der Waals surface area (Å²) in [6, 6.07) is 2.78. The molecule has 0 aromatic carbocycles. The van der Waals surface area contributed by atoms with Crippen LogP contribution in [0.1, 0.15) is 43.0 Å². The third-order valence-corrected chi connectivity index (χ3v) is 5.07. The van der Waals surface area contributed by atoms with Gasteiger partial charge in [-0.3, -0.25) is 4.90 Å². The van der Waals surface area contributed by atoms with Crippen molar-refractivity contribution < 1.29 is 9.90 Å². The molecule has 1 heterocycles. The van der Waals surface area contributed by atoms with Crippen molar-refractivity contribution in [1.29, 1.82) is 0 Å². The Morgan fingerprint density at radius 1 is 1.50 bits per heavy atom. The van der Waals surface area contributed by atoms with Crippen molar-refractivity contribution in [1.82, 2.24) is 4.90 Å². The van der Waals surface area contributed by atoms with Gasteiger partial charge in [0.05, 0.1) is 0 Å². The minimum atomic E-state index is -0.897. The van der Waals surface area contributed by atoms with Gasteiger partial charge in [0, 0.05) is 23.5 Å². The fourth-order valence-electron chi connectivity index (χ4n) is 3.05. The van der Waals surface area contributed by atoms with Crippen molar-refractivity contribution in [3.63, 3.8) is 0 Å². The smallest absolute Gasteiger partial charge is 0.328 e. The molecule has 20 heavy (non-hydrogen) atoms. The first kappa shape index (κ1) is 15.3. The number of hydrogen-bond donors (Lipinski definition) is 1. The van der Waals surface area contributed by atoms with Gasteiger partial charge in [-0.2, -0.15) is 0 Å². The molecule has 0 bridgehead atoms. The average molecular weight is 293 g/mol. The lowest BCUT2D eigenvalue weighted by Gasteiger charge is -2.36. The Morgan fingerprint density at radius 2 is 2.25 bits per heavy atom. The second kappa shape index (κ2) is 7.04. The van der Waals surface area contributed by atoms with Crippen molar-refractivity contribution >= 4 is 23.4 Å². The van der Waals surface area contributed by atoms with E-state index < -0.39 is 5.97 Å². The number of rotatable bonds is 5. The molecule has 1 aliphatic rings. The summed E-state index contributed by atoms with van der Waals surface area (Å²) < 4.78 is 0. The standard InChI is InChI=1S/C16H23NO2S/c1-12-5-3-4-6-15(12)17(2)10-14-9-13(11-20-14)7-8-16(18)19/h7-9,11-12,15H,3-6,10H2,1-2H3,(H,18,19). The van der Waals surface area contributed by atoms with E-state index in [-0.39, 0.29) is 0 Å². The lowest BCUT2D eigenvalue weighted by molar-refractivity contribution is -0.131. The summed E-state index contributed by atoms with van der Waals surface area (Å²) in [4.78, 5) is 14.3. The van der Waals surface area contributed by atoms with Gasteiger partial charge >= 0.3 is 5.97 Å².